The minimum absolute atomic E-state index is 0.0815. The SMILES string of the molecule is CNC(=O)c1c2ccc(Nc3ncc(F)c(NC4=CC(=CN(C(=O)OC(C)(C)C)C(C)C)C(OC)C=C4)n3)c1OC2. The van der Waals surface area contributed by atoms with Crippen molar-refractivity contribution in [2.24, 2.45) is 0 Å². The lowest BCUT2D eigenvalue weighted by Gasteiger charge is -2.29. The van der Waals surface area contributed by atoms with Gasteiger partial charge in [-0.2, -0.15) is 4.98 Å². The van der Waals surface area contributed by atoms with Gasteiger partial charge in [-0.3, -0.25) is 9.69 Å². The predicted octanol–water partition coefficient (Wildman–Crippen LogP) is 5.02. The van der Waals surface area contributed by atoms with Crippen molar-refractivity contribution in [3.8, 4) is 5.75 Å². The summed E-state index contributed by atoms with van der Waals surface area (Å²) in [7, 11) is 3.10. The van der Waals surface area contributed by atoms with Crippen molar-refractivity contribution in [3.63, 3.8) is 0 Å². The Labute approximate surface area is 238 Å². The van der Waals surface area contributed by atoms with E-state index in [-0.39, 0.29) is 30.3 Å². The molecule has 2 aliphatic rings. The van der Waals surface area contributed by atoms with Crippen LogP contribution in [0.5, 0.6) is 5.75 Å². The predicted molar refractivity (Wildman–Crippen MR) is 152 cm³/mol. The van der Waals surface area contributed by atoms with Crippen LogP contribution in [0.2, 0.25) is 0 Å². The van der Waals surface area contributed by atoms with Crippen LogP contribution in [0.15, 0.2) is 54.0 Å². The standard InChI is InChI=1S/C29H35FN6O5/c1-16(2)36(28(38)41-29(3,4)5)14-18-12-19(9-11-22(18)39-7)33-25-20(30)13-32-27(35-25)34-21-10-8-17-15-40-24(21)23(17)26(37)31-6/h8-14,16,22H,15H2,1-7H3,(H,31,37)(H2,32,33,34,35). The molecule has 41 heavy (non-hydrogen) atoms. The topological polar surface area (TPSA) is 127 Å². The lowest BCUT2D eigenvalue weighted by molar-refractivity contribution is 0.0287. The molecular formula is C29H35FN6O5. The van der Waals surface area contributed by atoms with Gasteiger partial charge in [0.15, 0.2) is 17.4 Å². The quantitative estimate of drug-likeness (QED) is 0.404. The van der Waals surface area contributed by atoms with Gasteiger partial charge >= 0.3 is 6.09 Å². The molecule has 4 rings (SSSR count). The lowest BCUT2D eigenvalue weighted by Crippen LogP contribution is -2.38. The fraction of sp³-hybridized carbons (Fsp3) is 0.379. The number of benzene rings is 1. The van der Waals surface area contributed by atoms with E-state index in [4.69, 9.17) is 14.2 Å². The zero-order valence-corrected chi connectivity index (χ0v) is 24.2. The van der Waals surface area contributed by atoms with E-state index in [9.17, 15) is 14.0 Å². The van der Waals surface area contributed by atoms with Gasteiger partial charge in [0.2, 0.25) is 5.95 Å². The monoisotopic (exact) mass is 566 g/mol. The van der Waals surface area contributed by atoms with Crippen molar-refractivity contribution < 1.29 is 28.2 Å². The Kier molecular flexibility index (Phi) is 8.62. The van der Waals surface area contributed by atoms with E-state index in [1.165, 1.54) is 4.90 Å². The van der Waals surface area contributed by atoms with E-state index >= 15 is 0 Å². The number of hydrogen-bond donors (Lipinski definition) is 3. The first-order valence-corrected chi connectivity index (χ1v) is 13.1. The lowest BCUT2D eigenvalue weighted by atomic mass is 10.0. The van der Waals surface area contributed by atoms with E-state index in [2.05, 4.69) is 25.9 Å². The van der Waals surface area contributed by atoms with Gasteiger partial charge in [0.05, 0.1) is 17.4 Å². The zero-order chi connectivity index (χ0) is 29.9. The molecular weight excluding hydrogens is 531 g/mol. The highest BCUT2D eigenvalue weighted by molar-refractivity contribution is 6.01. The number of fused-ring (bicyclic) bond motifs is 2. The van der Waals surface area contributed by atoms with Gasteiger partial charge in [0, 0.05) is 43.2 Å². The number of allylic oxidation sites excluding steroid dienone is 1. The molecule has 1 atom stereocenters. The molecule has 218 valence electrons. The van der Waals surface area contributed by atoms with Gasteiger partial charge in [0.25, 0.3) is 5.91 Å². The Morgan fingerprint density at radius 2 is 2.00 bits per heavy atom. The van der Waals surface area contributed by atoms with Gasteiger partial charge < -0.3 is 30.2 Å². The number of anilines is 3. The maximum atomic E-state index is 14.8. The van der Waals surface area contributed by atoms with Crippen LogP contribution in [0.25, 0.3) is 0 Å². The summed E-state index contributed by atoms with van der Waals surface area (Å²) in [4.78, 5) is 35.0. The van der Waals surface area contributed by atoms with Crippen molar-refractivity contribution in [2.75, 3.05) is 24.8 Å². The molecule has 0 spiro atoms. The Morgan fingerprint density at radius 3 is 2.66 bits per heavy atom. The van der Waals surface area contributed by atoms with E-state index < -0.39 is 23.6 Å². The largest absolute Gasteiger partial charge is 0.486 e. The number of nitrogens with zero attached hydrogens (tertiary/aromatic N) is 3. The van der Waals surface area contributed by atoms with Crippen LogP contribution in [0, 0.1) is 5.82 Å². The summed E-state index contributed by atoms with van der Waals surface area (Å²) in [5.74, 6) is -0.554. The molecule has 2 amide bonds. The first-order valence-electron chi connectivity index (χ1n) is 13.1. The first-order chi connectivity index (χ1) is 19.4. The van der Waals surface area contributed by atoms with Crippen LogP contribution in [0.3, 0.4) is 0 Å². The molecule has 11 nitrogen and oxygen atoms in total. The van der Waals surface area contributed by atoms with Crippen LogP contribution < -0.4 is 20.7 Å². The highest BCUT2D eigenvalue weighted by Gasteiger charge is 2.27. The van der Waals surface area contributed by atoms with E-state index in [0.717, 1.165) is 11.8 Å². The highest BCUT2D eigenvalue weighted by atomic mass is 19.1. The number of hydrogen-bond acceptors (Lipinski definition) is 9. The molecule has 1 unspecified atom stereocenters. The van der Waals surface area contributed by atoms with Crippen LogP contribution >= 0.6 is 0 Å². The van der Waals surface area contributed by atoms with Crippen LogP contribution in [-0.4, -0.2) is 58.8 Å². The molecule has 2 heterocycles. The number of methoxy groups -OCH3 is 1. The highest BCUT2D eigenvalue weighted by Crippen LogP contribution is 2.39. The number of ether oxygens (including phenoxy) is 3. The maximum absolute atomic E-state index is 14.8. The summed E-state index contributed by atoms with van der Waals surface area (Å²) in [5.41, 5.74) is 2.17. The summed E-state index contributed by atoms with van der Waals surface area (Å²) >= 11 is 0. The van der Waals surface area contributed by atoms with Crippen LogP contribution in [0.4, 0.5) is 26.6 Å². The summed E-state index contributed by atoms with van der Waals surface area (Å²) in [6.07, 6.45) is 7.02. The summed E-state index contributed by atoms with van der Waals surface area (Å²) in [5, 5.41) is 8.60. The first kappa shape index (κ1) is 29.5. The second-order valence-corrected chi connectivity index (χ2v) is 10.7. The van der Waals surface area contributed by atoms with Crippen molar-refractivity contribution in [1.29, 1.82) is 0 Å². The molecule has 1 aromatic heterocycles. The van der Waals surface area contributed by atoms with E-state index in [1.807, 2.05) is 13.8 Å². The average Bonchev–Trinajstić information content (AvgIpc) is 3.23. The Hall–Kier alpha value is -4.45. The Morgan fingerprint density at radius 1 is 1.24 bits per heavy atom. The molecule has 0 saturated carbocycles. The summed E-state index contributed by atoms with van der Waals surface area (Å²) in [6.45, 7) is 9.43. The molecule has 3 N–H and O–H groups in total. The molecule has 0 radical (unpaired) electrons. The molecule has 0 fully saturated rings. The number of carbonyl (C=O) groups excluding carboxylic acids is 2. The molecule has 12 heteroatoms. The zero-order valence-electron chi connectivity index (χ0n) is 24.2. The van der Waals surface area contributed by atoms with Crippen molar-refractivity contribution in [3.05, 3.63) is 71.0 Å². The number of nitrogens with one attached hydrogen (secondary N) is 3. The third-order valence-corrected chi connectivity index (χ3v) is 6.13. The molecule has 0 saturated heterocycles. The fourth-order valence-corrected chi connectivity index (χ4v) is 4.19. The summed E-state index contributed by atoms with van der Waals surface area (Å²) in [6, 6.07) is 3.34. The number of aromatic nitrogens is 2. The molecule has 1 aromatic carbocycles. The second kappa shape index (κ2) is 12.0. The third-order valence-electron chi connectivity index (χ3n) is 6.13. The van der Waals surface area contributed by atoms with E-state index in [0.29, 0.717) is 28.3 Å². The van der Waals surface area contributed by atoms with E-state index in [1.54, 1.807) is 71.5 Å². The van der Waals surface area contributed by atoms with Gasteiger partial charge in [-0.1, -0.05) is 6.07 Å². The fourth-order valence-electron chi connectivity index (χ4n) is 4.19. The number of carbonyl (C=O) groups is 2. The number of halogens is 1. The van der Waals surface area contributed by atoms with Crippen LogP contribution in [0.1, 0.15) is 50.5 Å². The third kappa shape index (κ3) is 6.83. The van der Waals surface area contributed by atoms with Crippen molar-refractivity contribution in [1.82, 2.24) is 20.2 Å². The van der Waals surface area contributed by atoms with Gasteiger partial charge in [-0.05, 0) is 58.9 Å². The molecule has 2 aromatic rings. The summed E-state index contributed by atoms with van der Waals surface area (Å²) < 4.78 is 31.6. The minimum Gasteiger partial charge on any atom is -0.486 e. The number of rotatable bonds is 8. The van der Waals surface area contributed by atoms with Gasteiger partial charge in [-0.25, -0.2) is 14.2 Å². The maximum Gasteiger partial charge on any atom is 0.414 e. The van der Waals surface area contributed by atoms with Gasteiger partial charge in [-0.15, -0.1) is 0 Å². The Bertz CT molecular complexity index is 1430. The molecule has 1 aliphatic heterocycles. The normalized spacial score (nSPS) is 16.8. The van der Waals surface area contributed by atoms with Crippen LogP contribution in [-0.2, 0) is 16.1 Å². The molecule has 2 bridgehead atoms. The number of amides is 2. The average molecular weight is 567 g/mol. The van der Waals surface area contributed by atoms with Crippen molar-refractivity contribution in [2.45, 2.75) is 59.0 Å². The minimum atomic E-state index is -0.677. The van der Waals surface area contributed by atoms with Crippen molar-refractivity contribution >= 4 is 29.5 Å². The van der Waals surface area contributed by atoms with Gasteiger partial charge in [0.1, 0.15) is 18.3 Å². The smallest absolute Gasteiger partial charge is 0.414 e. The Balaban J connectivity index is 1.59. The second-order valence-electron chi connectivity index (χ2n) is 10.7. The molecule has 1 aliphatic carbocycles.